The second-order valence-electron chi connectivity index (χ2n) is 10.6. The van der Waals surface area contributed by atoms with E-state index in [2.05, 4.69) is 0 Å². The van der Waals surface area contributed by atoms with Crippen LogP contribution < -0.4 is 4.90 Å². The van der Waals surface area contributed by atoms with Gasteiger partial charge in [0.25, 0.3) is 0 Å². The van der Waals surface area contributed by atoms with Gasteiger partial charge in [-0.3, -0.25) is 14.4 Å². The Balaban J connectivity index is 1.53. The molecule has 0 bridgehead atoms. The second kappa shape index (κ2) is 8.86. The molecule has 4 nitrogen and oxygen atoms in total. The van der Waals surface area contributed by atoms with Gasteiger partial charge in [-0.1, -0.05) is 97.1 Å². The van der Waals surface area contributed by atoms with E-state index in [0.717, 1.165) is 17.7 Å². The first kappa shape index (κ1) is 25.2. The predicted octanol–water partition coefficient (Wildman–Crippen LogP) is 7.02. The summed E-state index contributed by atoms with van der Waals surface area (Å²) in [5.41, 5.74) is 0.101. The summed E-state index contributed by atoms with van der Waals surface area (Å²) >= 11 is 0. The minimum atomic E-state index is -4.57. The Morgan fingerprint density at radius 1 is 0.732 bits per heavy atom. The van der Waals surface area contributed by atoms with E-state index in [0.29, 0.717) is 16.8 Å². The van der Waals surface area contributed by atoms with Crippen LogP contribution in [0.1, 0.15) is 53.7 Å². The monoisotopic (exact) mass is 549 g/mol. The molecular formula is C34H22F3NO3. The molecule has 1 spiro atoms. The topological polar surface area (TPSA) is 54.5 Å². The molecule has 41 heavy (non-hydrogen) atoms. The third-order valence-corrected chi connectivity index (χ3v) is 8.64. The molecule has 1 aliphatic carbocycles. The van der Waals surface area contributed by atoms with E-state index in [1.807, 2.05) is 35.2 Å². The van der Waals surface area contributed by atoms with Crippen molar-refractivity contribution in [3.63, 3.8) is 0 Å². The number of hydrogen-bond acceptors (Lipinski definition) is 4. The maximum Gasteiger partial charge on any atom is 0.416 e. The summed E-state index contributed by atoms with van der Waals surface area (Å²) in [6, 6.07) is 25.2. The Morgan fingerprint density at radius 2 is 1.32 bits per heavy atom. The molecule has 3 atom stereocenters. The lowest BCUT2D eigenvalue weighted by Crippen LogP contribution is -2.48. The van der Waals surface area contributed by atoms with Gasteiger partial charge in [0.05, 0.1) is 11.6 Å². The van der Waals surface area contributed by atoms with Crippen LogP contribution in [0.5, 0.6) is 0 Å². The molecule has 0 amide bonds. The quantitative estimate of drug-likeness (QED) is 0.204. The van der Waals surface area contributed by atoms with Crippen LogP contribution in [0.4, 0.5) is 18.9 Å². The molecule has 3 aliphatic rings. The van der Waals surface area contributed by atoms with Gasteiger partial charge in [0.1, 0.15) is 11.5 Å². The van der Waals surface area contributed by atoms with Gasteiger partial charge < -0.3 is 4.90 Å². The summed E-state index contributed by atoms with van der Waals surface area (Å²) in [6.07, 6.45) is -0.931. The number of benzene rings is 4. The lowest BCUT2D eigenvalue weighted by Gasteiger charge is -2.37. The average molecular weight is 550 g/mol. The number of carbonyl (C=O) groups is 3. The van der Waals surface area contributed by atoms with Gasteiger partial charge in [-0.15, -0.1) is 0 Å². The third-order valence-electron chi connectivity index (χ3n) is 8.64. The highest BCUT2D eigenvalue weighted by atomic mass is 19.4. The first-order valence-corrected chi connectivity index (χ1v) is 13.2. The van der Waals surface area contributed by atoms with Crippen molar-refractivity contribution >= 4 is 29.1 Å². The first-order chi connectivity index (χ1) is 19.7. The Morgan fingerprint density at radius 3 is 1.95 bits per heavy atom. The molecule has 0 unspecified atom stereocenters. The van der Waals surface area contributed by atoms with Crippen molar-refractivity contribution in [1.82, 2.24) is 0 Å². The van der Waals surface area contributed by atoms with Crippen LogP contribution in [0.25, 0.3) is 6.08 Å². The van der Waals surface area contributed by atoms with E-state index in [-0.39, 0.29) is 16.9 Å². The third kappa shape index (κ3) is 3.44. The summed E-state index contributed by atoms with van der Waals surface area (Å²) in [7, 11) is 0. The number of anilines is 1. The van der Waals surface area contributed by atoms with Gasteiger partial charge in [0.2, 0.25) is 0 Å². The van der Waals surface area contributed by atoms with E-state index in [4.69, 9.17) is 0 Å². The van der Waals surface area contributed by atoms with E-state index in [9.17, 15) is 27.6 Å². The summed E-state index contributed by atoms with van der Waals surface area (Å²) in [5, 5.41) is 0. The number of rotatable bonds is 3. The average Bonchev–Trinajstić information content (AvgIpc) is 3.43. The molecule has 0 N–H and O–H groups in total. The van der Waals surface area contributed by atoms with E-state index in [1.165, 1.54) is 12.1 Å². The fourth-order valence-electron chi connectivity index (χ4n) is 6.94. The van der Waals surface area contributed by atoms with Gasteiger partial charge >= 0.3 is 6.18 Å². The lowest BCUT2D eigenvalue weighted by atomic mass is 9.64. The zero-order valence-electron chi connectivity index (χ0n) is 21.5. The number of halogens is 3. The summed E-state index contributed by atoms with van der Waals surface area (Å²) in [5.74, 6) is -2.24. The minimum absolute atomic E-state index is 0.259. The predicted molar refractivity (Wildman–Crippen MR) is 148 cm³/mol. The van der Waals surface area contributed by atoms with Crippen LogP contribution in [-0.4, -0.2) is 29.4 Å². The van der Waals surface area contributed by atoms with Crippen LogP contribution in [-0.2, 0) is 6.18 Å². The van der Waals surface area contributed by atoms with Crippen molar-refractivity contribution in [2.24, 2.45) is 5.41 Å². The zero-order valence-corrected chi connectivity index (χ0v) is 21.5. The maximum atomic E-state index is 14.5. The molecule has 1 saturated heterocycles. The molecular weight excluding hydrogens is 527 g/mol. The fourth-order valence-corrected chi connectivity index (χ4v) is 6.94. The Hall–Kier alpha value is -4.78. The van der Waals surface area contributed by atoms with Crippen molar-refractivity contribution < 1.29 is 27.6 Å². The summed E-state index contributed by atoms with van der Waals surface area (Å²) < 4.78 is 40.6. The van der Waals surface area contributed by atoms with Gasteiger partial charge in [-0.2, -0.15) is 13.2 Å². The van der Waals surface area contributed by atoms with Gasteiger partial charge in [0.15, 0.2) is 17.3 Å². The molecule has 2 aliphatic heterocycles. The number of fused-ring (bicyclic) bond motifs is 5. The highest BCUT2D eigenvalue weighted by Gasteiger charge is 2.71. The molecule has 0 saturated carbocycles. The molecule has 0 radical (unpaired) electrons. The highest BCUT2D eigenvalue weighted by molar-refractivity contribution is 6.32. The number of Topliss-reactive ketones (excluding diaryl/α,β-unsaturated/α-hetero) is 3. The van der Waals surface area contributed by atoms with Crippen molar-refractivity contribution in [1.29, 1.82) is 0 Å². The molecule has 7 heteroatoms. The second-order valence-corrected chi connectivity index (χ2v) is 10.6. The first-order valence-electron chi connectivity index (χ1n) is 13.2. The Kier molecular flexibility index (Phi) is 5.45. The van der Waals surface area contributed by atoms with E-state index >= 15 is 0 Å². The largest absolute Gasteiger partial charge is 0.416 e. The SMILES string of the molecule is O=C(c1ccccc1)[C@H]1[C@H](c2ccc(C(F)(F)F)cc2)C2(C(=O)c3ccccc3C2=O)[C@H]2C=Cc3ccccc3N12. The molecule has 4 aromatic rings. The van der Waals surface area contributed by atoms with Gasteiger partial charge in [-0.25, -0.2) is 0 Å². The highest BCUT2D eigenvalue weighted by Crippen LogP contribution is 2.61. The van der Waals surface area contributed by atoms with E-state index in [1.54, 1.807) is 60.7 Å². The van der Waals surface area contributed by atoms with Crippen LogP contribution >= 0.6 is 0 Å². The molecule has 4 aromatic carbocycles. The zero-order chi connectivity index (χ0) is 28.5. The smallest absolute Gasteiger partial charge is 0.352 e. The lowest BCUT2D eigenvalue weighted by molar-refractivity contribution is -0.137. The molecule has 1 fully saturated rings. The van der Waals surface area contributed by atoms with Crippen molar-refractivity contribution in [2.45, 2.75) is 24.2 Å². The van der Waals surface area contributed by atoms with Crippen LogP contribution in [0.3, 0.4) is 0 Å². The normalized spacial score (nSPS) is 22.0. The number of hydrogen-bond donors (Lipinski definition) is 0. The molecule has 2 heterocycles. The van der Waals surface area contributed by atoms with E-state index < -0.39 is 46.7 Å². The summed E-state index contributed by atoms with van der Waals surface area (Å²) in [4.78, 5) is 45.4. The van der Waals surface area contributed by atoms with Crippen LogP contribution in [0.15, 0.2) is 109 Å². The number of ketones is 3. The van der Waals surface area contributed by atoms with Gasteiger partial charge in [-0.05, 0) is 29.3 Å². The molecule has 202 valence electrons. The number of alkyl halides is 3. The number of carbonyl (C=O) groups excluding carboxylic acids is 3. The summed E-state index contributed by atoms with van der Waals surface area (Å²) in [6.45, 7) is 0. The van der Waals surface area contributed by atoms with Crippen LogP contribution in [0.2, 0.25) is 0 Å². The van der Waals surface area contributed by atoms with Crippen molar-refractivity contribution in [3.05, 3.63) is 143 Å². The maximum absolute atomic E-state index is 14.5. The van der Waals surface area contributed by atoms with Crippen molar-refractivity contribution in [2.75, 3.05) is 4.90 Å². The minimum Gasteiger partial charge on any atom is -0.352 e. The standard InChI is InChI=1S/C34H22F3NO3/c35-34(36,37)23-17-14-21(15-18-23)28-29(30(39)22-9-2-1-3-10-22)38-26-13-7-4-8-20(26)16-19-27(38)33(28)31(40)24-11-5-6-12-25(24)32(33)41/h1-19,27-29H/t27-,28+,29-/m1/s1. The Bertz CT molecular complexity index is 1720. The number of para-hydroxylation sites is 1. The fraction of sp³-hybridized carbons (Fsp3) is 0.147. The molecule has 7 rings (SSSR count). The van der Waals surface area contributed by atoms with Crippen LogP contribution in [0, 0.1) is 5.41 Å². The molecule has 0 aromatic heterocycles. The Labute approximate surface area is 233 Å². The van der Waals surface area contributed by atoms with Gasteiger partial charge in [0, 0.05) is 28.3 Å². The van der Waals surface area contributed by atoms with Crippen molar-refractivity contribution in [3.8, 4) is 0 Å². The number of nitrogens with zero attached hydrogens (tertiary/aromatic N) is 1.